The Morgan fingerprint density at radius 3 is 2.59 bits per heavy atom. The van der Waals surface area contributed by atoms with Crippen LogP contribution in [0.5, 0.6) is 5.75 Å². The molecule has 96 valence electrons. The topological polar surface area (TPSA) is 41.5 Å². The Kier molecular flexibility index (Phi) is 4.97. The monoisotopic (exact) mass is 237 g/mol. The van der Waals surface area contributed by atoms with E-state index in [4.69, 9.17) is 4.74 Å². The van der Waals surface area contributed by atoms with Crippen LogP contribution in [0, 0.1) is 0 Å². The van der Waals surface area contributed by atoms with Crippen LogP contribution in [0.1, 0.15) is 33.3 Å². The lowest BCUT2D eigenvalue weighted by atomic mass is 9.94. The molecule has 0 bridgehead atoms. The second-order valence-corrected chi connectivity index (χ2v) is 4.74. The van der Waals surface area contributed by atoms with Crippen LogP contribution in [-0.2, 0) is 5.60 Å². The fraction of sp³-hybridized carbons (Fsp3) is 0.571. The molecule has 0 saturated heterocycles. The molecule has 0 saturated carbocycles. The Balaban J connectivity index is 2.88. The van der Waals surface area contributed by atoms with E-state index in [1.165, 1.54) is 0 Å². The minimum atomic E-state index is -0.921. The zero-order valence-electron chi connectivity index (χ0n) is 11.2. The molecule has 0 aliphatic rings. The summed E-state index contributed by atoms with van der Waals surface area (Å²) in [6, 6.07) is 7.98. The lowest BCUT2D eigenvalue weighted by Crippen LogP contribution is -2.38. The second-order valence-electron chi connectivity index (χ2n) is 4.74. The van der Waals surface area contributed by atoms with Gasteiger partial charge < -0.3 is 15.2 Å². The highest BCUT2D eigenvalue weighted by Gasteiger charge is 2.26. The highest BCUT2D eigenvalue weighted by molar-refractivity contribution is 5.37. The molecule has 0 aliphatic heterocycles. The minimum Gasteiger partial charge on any atom is -0.493 e. The molecule has 0 fully saturated rings. The van der Waals surface area contributed by atoms with Crippen molar-refractivity contribution in [1.82, 2.24) is 5.32 Å². The number of ether oxygens (including phenoxy) is 1. The first kappa shape index (κ1) is 14.0. The third kappa shape index (κ3) is 4.02. The summed E-state index contributed by atoms with van der Waals surface area (Å²) in [4.78, 5) is 0. The summed E-state index contributed by atoms with van der Waals surface area (Å²) < 4.78 is 5.54. The zero-order valence-corrected chi connectivity index (χ0v) is 11.2. The van der Waals surface area contributed by atoms with Crippen molar-refractivity contribution < 1.29 is 9.84 Å². The predicted octanol–water partition coefficient (Wildman–Crippen LogP) is 2.29. The molecule has 1 unspecified atom stereocenters. The summed E-state index contributed by atoms with van der Waals surface area (Å²) >= 11 is 0. The van der Waals surface area contributed by atoms with Crippen LogP contribution in [0.15, 0.2) is 24.3 Å². The van der Waals surface area contributed by atoms with Gasteiger partial charge in [-0.2, -0.15) is 0 Å². The van der Waals surface area contributed by atoms with Crippen LogP contribution in [-0.4, -0.2) is 24.3 Å². The van der Waals surface area contributed by atoms with Crippen LogP contribution in [0.4, 0.5) is 0 Å². The van der Waals surface area contributed by atoms with Crippen LogP contribution in [0.25, 0.3) is 0 Å². The van der Waals surface area contributed by atoms with Gasteiger partial charge in [0.1, 0.15) is 11.4 Å². The van der Waals surface area contributed by atoms with E-state index in [0.29, 0.717) is 19.2 Å². The molecule has 1 aromatic carbocycles. The zero-order chi connectivity index (χ0) is 12.9. The third-order valence-electron chi connectivity index (χ3n) is 2.62. The number of hydrogen-bond donors (Lipinski definition) is 2. The molecule has 0 spiro atoms. The van der Waals surface area contributed by atoms with Crippen LogP contribution < -0.4 is 10.1 Å². The van der Waals surface area contributed by atoms with Crippen molar-refractivity contribution in [3.05, 3.63) is 29.8 Å². The van der Waals surface area contributed by atoms with Gasteiger partial charge in [-0.15, -0.1) is 0 Å². The first-order chi connectivity index (χ1) is 7.97. The number of benzene rings is 1. The van der Waals surface area contributed by atoms with E-state index in [1.807, 2.05) is 31.2 Å². The highest BCUT2D eigenvalue weighted by Crippen LogP contribution is 2.29. The average molecular weight is 237 g/mol. The molecule has 3 heteroatoms. The van der Waals surface area contributed by atoms with Gasteiger partial charge in [0.05, 0.1) is 6.61 Å². The van der Waals surface area contributed by atoms with Crippen molar-refractivity contribution in [3.63, 3.8) is 0 Å². The van der Waals surface area contributed by atoms with Crippen molar-refractivity contribution >= 4 is 0 Å². The molecule has 0 heterocycles. The summed E-state index contributed by atoms with van der Waals surface area (Å²) in [5.74, 6) is 0.755. The van der Waals surface area contributed by atoms with Crippen LogP contribution >= 0.6 is 0 Å². The van der Waals surface area contributed by atoms with Crippen molar-refractivity contribution in [2.45, 2.75) is 39.3 Å². The number of para-hydroxylation sites is 1. The minimum absolute atomic E-state index is 0.348. The first-order valence-electron chi connectivity index (χ1n) is 6.15. The SMILES string of the molecule is CCOc1ccccc1C(C)(O)CNC(C)C. The molecule has 2 N–H and O–H groups in total. The molecule has 3 nitrogen and oxygen atoms in total. The van der Waals surface area contributed by atoms with Crippen molar-refractivity contribution in [1.29, 1.82) is 0 Å². The lowest BCUT2D eigenvalue weighted by Gasteiger charge is -2.27. The van der Waals surface area contributed by atoms with Crippen LogP contribution in [0.2, 0.25) is 0 Å². The summed E-state index contributed by atoms with van der Waals surface area (Å²) in [5.41, 5.74) is -0.0919. The van der Waals surface area contributed by atoms with Crippen LogP contribution in [0.3, 0.4) is 0 Å². The van der Waals surface area contributed by atoms with Crippen molar-refractivity contribution in [3.8, 4) is 5.75 Å². The van der Waals surface area contributed by atoms with Gasteiger partial charge in [-0.25, -0.2) is 0 Å². The van der Waals surface area contributed by atoms with E-state index in [-0.39, 0.29) is 0 Å². The predicted molar refractivity (Wildman–Crippen MR) is 70.3 cm³/mol. The average Bonchev–Trinajstić information content (AvgIpc) is 2.28. The van der Waals surface area contributed by atoms with Gasteiger partial charge in [0.15, 0.2) is 0 Å². The summed E-state index contributed by atoms with van der Waals surface area (Å²) in [6.07, 6.45) is 0. The molecule has 17 heavy (non-hydrogen) atoms. The Morgan fingerprint density at radius 1 is 1.35 bits per heavy atom. The first-order valence-corrected chi connectivity index (χ1v) is 6.15. The number of hydrogen-bond acceptors (Lipinski definition) is 3. The van der Waals surface area contributed by atoms with Gasteiger partial charge in [0.25, 0.3) is 0 Å². The molecule has 1 atom stereocenters. The van der Waals surface area contributed by atoms with Gasteiger partial charge in [0.2, 0.25) is 0 Å². The summed E-state index contributed by atoms with van der Waals surface area (Å²) in [7, 11) is 0. The Bertz CT molecular complexity index is 348. The number of aliphatic hydroxyl groups is 1. The number of nitrogens with one attached hydrogen (secondary N) is 1. The van der Waals surface area contributed by atoms with E-state index in [0.717, 1.165) is 11.3 Å². The lowest BCUT2D eigenvalue weighted by molar-refractivity contribution is 0.0518. The standard InChI is InChI=1S/C14H23NO2/c1-5-17-13-9-7-6-8-12(13)14(4,16)10-15-11(2)3/h6-9,11,15-16H,5,10H2,1-4H3. The van der Waals surface area contributed by atoms with Gasteiger partial charge in [-0.3, -0.25) is 0 Å². The Labute approximate surface area is 104 Å². The molecule has 0 aliphatic carbocycles. The quantitative estimate of drug-likeness (QED) is 0.797. The highest BCUT2D eigenvalue weighted by atomic mass is 16.5. The molecular formula is C14H23NO2. The summed E-state index contributed by atoms with van der Waals surface area (Å²) in [6.45, 7) is 8.98. The van der Waals surface area contributed by atoms with Crippen molar-refractivity contribution in [2.24, 2.45) is 0 Å². The smallest absolute Gasteiger partial charge is 0.125 e. The van der Waals surface area contributed by atoms with Gasteiger partial charge in [0, 0.05) is 18.2 Å². The van der Waals surface area contributed by atoms with E-state index in [2.05, 4.69) is 19.2 Å². The largest absolute Gasteiger partial charge is 0.493 e. The fourth-order valence-corrected chi connectivity index (χ4v) is 1.69. The molecule has 1 rings (SSSR count). The normalized spacial score (nSPS) is 14.7. The molecule has 0 radical (unpaired) electrons. The van der Waals surface area contributed by atoms with Gasteiger partial charge in [-0.1, -0.05) is 32.0 Å². The van der Waals surface area contributed by atoms with Gasteiger partial charge in [-0.05, 0) is 19.9 Å². The van der Waals surface area contributed by atoms with E-state index < -0.39 is 5.60 Å². The third-order valence-corrected chi connectivity index (χ3v) is 2.62. The molecule has 0 aromatic heterocycles. The fourth-order valence-electron chi connectivity index (χ4n) is 1.69. The maximum absolute atomic E-state index is 10.5. The van der Waals surface area contributed by atoms with Gasteiger partial charge >= 0.3 is 0 Å². The van der Waals surface area contributed by atoms with Crippen molar-refractivity contribution in [2.75, 3.05) is 13.2 Å². The second kappa shape index (κ2) is 6.03. The van der Waals surface area contributed by atoms with E-state index in [9.17, 15) is 5.11 Å². The van der Waals surface area contributed by atoms with E-state index >= 15 is 0 Å². The summed E-state index contributed by atoms with van der Waals surface area (Å²) in [5, 5.41) is 13.7. The van der Waals surface area contributed by atoms with E-state index in [1.54, 1.807) is 6.92 Å². The maximum atomic E-state index is 10.5. The Morgan fingerprint density at radius 2 is 2.00 bits per heavy atom. The number of rotatable bonds is 6. The molecule has 1 aromatic rings. The molecular weight excluding hydrogens is 214 g/mol. The molecule has 0 amide bonds. The maximum Gasteiger partial charge on any atom is 0.125 e. The Hall–Kier alpha value is -1.06.